The zero-order valence-corrected chi connectivity index (χ0v) is 11.2. The van der Waals surface area contributed by atoms with Crippen LogP contribution in [-0.2, 0) is 16.0 Å². The van der Waals surface area contributed by atoms with Gasteiger partial charge in [-0.2, -0.15) is 0 Å². The van der Waals surface area contributed by atoms with Crippen molar-refractivity contribution < 1.29 is 24.2 Å². The van der Waals surface area contributed by atoms with Crippen LogP contribution in [0.3, 0.4) is 0 Å². The number of aliphatic carboxylic acids is 1. The van der Waals surface area contributed by atoms with Crippen molar-refractivity contribution in [1.82, 2.24) is 5.32 Å². The number of hydrogen-bond acceptors (Lipinski definition) is 3. The van der Waals surface area contributed by atoms with Crippen LogP contribution in [0.4, 0.5) is 4.39 Å². The number of carboxylic acid groups (broad SMARTS) is 1. The van der Waals surface area contributed by atoms with Crippen LogP contribution < -0.4 is 5.32 Å². The Morgan fingerprint density at radius 3 is 2.45 bits per heavy atom. The van der Waals surface area contributed by atoms with Crippen molar-refractivity contribution in [3.8, 4) is 0 Å². The summed E-state index contributed by atoms with van der Waals surface area (Å²) in [4.78, 5) is 22.1. The second kappa shape index (κ2) is 7.00. The average molecular weight is 283 g/mol. The molecule has 1 atom stereocenters. The molecule has 1 rings (SSSR count). The van der Waals surface area contributed by atoms with E-state index in [0.717, 1.165) is 5.56 Å². The molecule has 0 fully saturated rings. The monoisotopic (exact) mass is 283 g/mol. The first kappa shape index (κ1) is 16.1. The van der Waals surface area contributed by atoms with Gasteiger partial charge in [-0.3, -0.25) is 9.59 Å². The topological polar surface area (TPSA) is 86.6 Å². The predicted molar refractivity (Wildman–Crippen MR) is 70.6 cm³/mol. The summed E-state index contributed by atoms with van der Waals surface area (Å²) in [5.41, 5.74) is -0.643. The standard InChI is InChI=1S/C14H18FNO4/c1-14(20,8-13(18)19)9-16-12(17)7-4-10-2-5-11(15)6-3-10/h2-3,5-6,20H,4,7-9H2,1H3,(H,16,17)(H,18,19). The third-order valence-electron chi connectivity index (χ3n) is 2.75. The van der Waals surface area contributed by atoms with E-state index < -0.39 is 18.0 Å². The molecule has 0 aliphatic rings. The Morgan fingerprint density at radius 2 is 1.90 bits per heavy atom. The van der Waals surface area contributed by atoms with Crippen LogP contribution in [0, 0.1) is 5.82 Å². The van der Waals surface area contributed by atoms with Crippen molar-refractivity contribution in [3.63, 3.8) is 0 Å². The van der Waals surface area contributed by atoms with E-state index in [1.807, 2.05) is 0 Å². The van der Waals surface area contributed by atoms with Gasteiger partial charge in [0.05, 0.1) is 12.0 Å². The minimum Gasteiger partial charge on any atom is -0.481 e. The summed E-state index contributed by atoms with van der Waals surface area (Å²) in [5.74, 6) is -1.75. The second-order valence-electron chi connectivity index (χ2n) is 4.97. The van der Waals surface area contributed by atoms with Gasteiger partial charge in [-0.15, -0.1) is 0 Å². The van der Waals surface area contributed by atoms with Crippen LogP contribution in [0.15, 0.2) is 24.3 Å². The molecule has 0 aromatic heterocycles. The molecule has 0 aliphatic heterocycles. The fraction of sp³-hybridized carbons (Fsp3) is 0.429. The third-order valence-corrected chi connectivity index (χ3v) is 2.75. The zero-order valence-electron chi connectivity index (χ0n) is 11.2. The van der Waals surface area contributed by atoms with Gasteiger partial charge in [0.2, 0.25) is 5.91 Å². The number of hydrogen-bond donors (Lipinski definition) is 3. The Balaban J connectivity index is 2.33. The summed E-state index contributed by atoms with van der Waals surface area (Å²) >= 11 is 0. The molecular formula is C14H18FNO4. The maximum Gasteiger partial charge on any atom is 0.306 e. The molecule has 0 heterocycles. The van der Waals surface area contributed by atoms with Crippen molar-refractivity contribution in [1.29, 1.82) is 0 Å². The minimum absolute atomic E-state index is 0.123. The van der Waals surface area contributed by atoms with Gasteiger partial charge in [0.25, 0.3) is 0 Å². The normalized spacial score (nSPS) is 13.6. The van der Waals surface area contributed by atoms with Crippen molar-refractivity contribution in [2.24, 2.45) is 0 Å². The molecule has 0 radical (unpaired) electrons. The van der Waals surface area contributed by atoms with Gasteiger partial charge < -0.3 is 15.5 Å². The summed E-state index contributed by atoms with van der Waals surface area (Å²) in [6.45, 7) is 1.23. The van der Waals surface area contributed by atoms with Crippen LogP contribution in [0.2, 0.25) is 0 Å². The summed E-state index contributed by atoms with van der Waals surface area (Å²) in [5, 5.41) is 20.8. The van der Waals surface area contributed by atoms with Crippen molar-refractivity contribution in [2.45, 2.75) is 31.8 Å². The largest absolute Gasteiger partial charge is 0.481 e. The number of carboxylic acids is 1. The Bertz CT molecular complexity index is 471. The van der Waals surface area contributed by atoms with E-state index >= 15 is 0 Å². The number of benzene rings is 1. The van der Waals surface area contributed by atoms with Crippen LogP contribution in [0.25, 0.3) is 0 Å². The summed E-state index contributed by atoms with van der Waals surface area (Å²) in [6, 6.07) is 5.85. The number of halogens is 1. The van der Waals surface area contributed by atoms with Crippen LogP contribution in [0.5, 0.6) is 0 Å². The quantitative estimate of drug-likeness (QED) is 0.699. The molecule has 110 valence electrons. The van der Waals surface area contributed by atoms with Gasteiger partial charge in [0, 0.05) is 13.0 Å². The highest BCUT2D eigenvalue weighted by atomic mass is 19.1. The van der Waals surface area contributed by atoms with Crippen LogP contribution in [0.1, 0.15) is 25.3 Å². The van der Waals surface area contributed by atoms with E-state index in [1.165, 1.54) is 19.1 Å². The maximum absolute atomic E-state index is 12.7. The van der Waals surface area contributed by atoms with Gasteiger partial charge >= 0.3 is 5.97 Å². The lowest BCUT2D eigenvalue weighted by Gasteiger charge is -2.21. The minimum atomic E-state index is -1.47. The Kier molecular flexibility index (Phi) is 5.64. The van der Waals surface area contributed by atoms with Crippen molar-refractivity contribution in [2.75, 3.05) is 6.54 Å². The van der Waals surface area contributed by atoms with Gasteiger partial charge in [0.15, 0.2) is 0 Å². The number of rotatable bonds is 7. The molecule has 0 aliphatic carbocycles. The Morgan fingerprint density at radius 1 is 1.30 bits per heavy atom. The lowest BCUT2D eigenvalue weighted by molar-refractivity contribution is -0.142. The molecule has 5 nitrogen and oxygen atoms in total. The fourth-order valence-corrected chi connectivity index (χ4v) is 1.67. The Hall–Kier alpha value is -1.95. The number of amides is 1. The third kappa shape index (κ3) is 6.29. The lowest BCUT2D eigenvalue weighted by atomic mass is 10.0. The van der Waals surface area contributed by atoms with Gasteiger partial charge in [-0.1, -0.05) is 12.1 Å². The molecule has 6 heteroatoms. The van der Waals surface area contributed by atoms with E-state index in [4.69, 9.17) is 5.11 Å². The molecule has 0 bridgehead atoms. The van der Waals surface area contributed by atoms with Crippen LogP contribution >= 0.6 is 0 Å². The first-order valence-corrected chi connectivity index (χ1v) is 6.24. The van der Waals surface area contributed by atoms with E-state index in [1.54, 1.807) is 12.1 Å². The number of carbonyl (C=O) groups excluding carboxylic acids is 1. The lowest BCUT2D eigenvalue weighted by Crippen LogP contribution is -2.42. The van der Waals surface area contributed by atoms with Crippen molar-refractivity contribution >= 4 is 11.9 Å². The maximum atomic E-state index is 12.7. The molecule has 0 saturated carbocycles. The highest BCUT2D eigenvalue weighted by Gasteiger charge is 2.24. The van der Waals surface area contributed by atoms with E-state index in [2.05, 4.69) is 5.32 Å². The molecular weight excluding hydrogens is 265 g/mol. The average Bonchev–Trinajstić information content (AvgIpc) is 2.34. The number of aryl methyl sites for hydroxylation is 1. The summed E-state index contributed by atoms with van der Waals surface area (Å²) in [6.07, 6.45) is 0.202. The molecule has 0 spiro atoms. The second-order valence-corrected chi connectivity index (χ2v) is 4.97. The smallest absolute Gasteiger partial charge is 0.306 e. The Labute approximate surface area is 116 Å². The number of aliphatic hydroxyl groups is 1. The number of carbonyl (C=O) groups is 2. The summed E-state index contributed by atoms with van der Waals surface area (Å²) in [7, 11) is 0. The zero-order chi connectivity index (χ0) is 15.2. The highest BCUT2D eigenvalue weighted by molar-refractivity contribution is 5.76. The molecule has 20 heavy (non-hydrogen) atoms. The van der Waals surface area contributed by atoms with Crippen molar-refractivity contribution in [3.05, 3.63) is 35.6 Å². The molecule has 1 amide bonds. The SMILES string of the molecule is CC(O)(CNC(=O)CCc1ccc(F)cc1)CC(=O)O. The summed E-state index contributed by atoms with van der Waals surface area (Å²) < 4.78 is 12.7. The van der Waals surface area contributed by atoms with Gasteiger partial charge in [-0.25, -0.2) is 4.39 Å². The molecule has 1 aromatic rings. The molecule has 1 unspecified atom stereocenters. The molecule has 3 N–H and O–H groups in total. The van der Waals surface area contributed by atoms with E-state index in [-0.39, 0.29) is 24.7 Å². The van der Waals surface area contributed by atoms with Gasteiger partial charge in [0.1, 0.15) is 5.82 Å². The fourth-order valence-electron chi connectivity index (χ4n) is 1.67. The molecule has 0 saturated heterocycles. The van der Waals surface area contributed by atoms with Gasteiger partial charge in [-0.05, 0) is 31.0 Å². The predicted octanol–water partition coefficient (Wildman–Crippen LogP) is 1.10. The van der Waals surface area contributed by atoms with Crippen LogP contribution in [-0.4, -0.2) is 34.2 Å². The first-order chi connectivity index (χ1) is 9.28. The van der Waals surface area contributed by atoms with E-state index in [9.17, 15) is 19.1 Å². The highest BCUT2D eigenvalue weighted by Crippen LogP contribution is 2.08. The first-order valence-electron chi connectivity index (χ1n) is 6.24. The number of nitrogens with one attached hydrogen (secondary N) is 1. The van der Waals surface area contributed by atoms with E-state index in [0.29, 0.717) is 6.42 Å². The molecule has 1 aromatic carbocycles.